The van der Waals surface area contributed by atoms with Crippen LogP contribution in [0.15, 0.2) is 33.8 Å². The molecule has 0 saturated carbocycles. The summed E-state index contributed by atoms with van der Waals surface area (Å²) in [5, 5.41) is 10.1. The van der Waals surface area contributed by atoms with Crippen LogP contribution in [0.3, 0.4) is 0 Å². The zero-order chi connectivity index (χ0) is 20.4. The largest absolute Gasteiger partial charge is 0.411 e. The van der Waals surface area contributed by atoms with Gasteiger partial charge >= 0.3 is 6.18 Å². The second kappa shape index (κ2) is 12.6. The van der Waals surface area contributed by atoms with Gasteiger partial charge in [-0.3, -0.25) is 0 Å². The first kappa shape index (κ1) is 25.1. The Morgan fingerprint density at radius 3 is 2.45 bits per heavy atom. The van der Waals surface area contributed by atoms with E-state index in [1.165, 1.54) is 0 Å². The van der Waals surface area contributed by atoms with Gasteiger partial charge in [-0.25, -0.2) is 4.99 Å². The van der Waals surface area contributed by atoms with E-state index in [1.54, 1.807) is 19.1 Å². The Morgan fingerprint density at radius 2 is 1.86 bits per heavy atom. The molecule has 0 spiro atoms. The highest BCUT2D eigenvalue weighted by Crippen LogP contribution is 2.16. The second-order valence-electron chi connectivity index (χ2n) is 6.03. The standard InChI is InChI=1S/C18H24F3N5O2.HI/c1-3-22-17(23-9-8-16-25-13(2)26-28-16)24-10-14-4-6-15(7-5-14)11-27-12-18(19,20)21;/h4-7H,3,8-12H2,1-2H3,(H2,22,23,24);1H. The van der Waals surface area contributed by atoms with Crippen LogP contribution in [-0.4, -0.2) is 42.0 Å². The van der Waals surface area contributed by atoms with Crippen molar-refractivity contribution in [2.24, 2.45) is 4.99 Å². The predicted octanol–water partition coefficient (Wildman–Crippen LogP) is 3.37. The van der Waals surface area contributed by atoms with Gasteiger partial charge < -0.3 is 19.9 Å². The van der Waals surface area contributed by atoms with Crippen LogP contribution >= 0.6 is 24.0 Å². The minimum absolute atomic E-state index is 0. The molecule has 7 nitrogen and oxygen atoms in total. The summed E-state index contributed by atoms with van der Waals surface area (Å²) >= 11 is 0. The van der Waals surface area contributed by atoms with E-state index in [4.69, 9.17) is 4.52 Å². The molecule has 2 aromatic rings. The third-order valence-corrected chi connectivity index (χ3v) is 3.52. The predicted molar refractivity (Wildman–Crippen MR) is 113 cm³/mol. The third-order valence-electron chi connectivity index (χ3n) is 3.52. The molecule has 0 fully saturated rings. The quantitative estimate of drug-likeness (QED) is 0.296. The van der Waals surface area contributed by atoms with Crippen molar-refractivity contribution in [3.63, 3.8) is 0 Å². The molecule has 162 valence electrons. The molecule has 0 aliphatic carbocycles. The average molecular weight is 527 g/mol. The fraction of sp³-hybridized carbons (Fsp3) is 0.500. The van der Waals surface area contributed by atoms with Gasteiger partial charge in [0.2, 0.25) is 5.89 Å². The highest BCUT2D eigenvalue weighted by Gasteiger charge is 2.27. The Labute approximate surface area is 184 Å². The smallest absolute Gasteiger partial charge is 0.367 e. The second-order valence-corrected chi connectivity index (χ2v) is 6.03. The number of halogens is 4. The first-order chi connectivity index (χ1) is 13.4. The molecule has 2 N–H and O–H groups in total. The molecule has 2 rings (SSSR count). The van der Waals surface area contributed by atoms with Crippen LogP contribution in [0.4, 0.5) is 13.2 Å². The number of aliphatic imine (C=N–C) groups is 1. The topological polar surface area (TPSA) is 84.6 Å². The molecule has 0 aliphatic rings. The van der Waals surface area contributed by atoms with Crippen molar-refractivity contribution in [2.45, 2.75) is 39.6 Å². The fourth-order valence-corrected chi connectivity index (χ4v) is 2.27. The molecule has 0 aliphatic heterocycles. The number of aryl methyl sites for hydroxylation is 1. The molecule has 0 bridgehead atoms. The van der Waals surface area contributed by atoms with Gasteiger partial charge in [0.1, 0.15) is 6.61 Å². The van der Waals surface area contributed by atoms with Crippen molar-refractivity contribution in [2.75, 3.05) is 19.7 Å². The van der Waals surface area contributed by atoms with Crippen LogP contribution in [0.2, 0.25) is 0 Å². The Bertz CT molecular complexity index is 751. The van der Waals surface area contributed by atoms with Crippen LogP contribution in [-0.2, 0) is 24.3 Å². The molecular formula is C18H25F3IN5O2. The van der Waals surface area contributed by atoms with Crippen LogP contribution in [0.1, 0.15) is 29.8 Å². The molecule has 0 radical (unpaired) electrons. The molecule has 1 aromatic carbocycles. The Hall–Kier alpha value is -1.89. The number of benzene rings is 1. The van der Waals surface area contributed by atoms with E-state index in [2.05, 4.69) is 30.5 Å². The van der Waals surface area contributed by atoms with Crippen molar-refractivity contribution in [3.8, 4) is 0 Å². The number of ether oxygens (including phenoxy) is 1. The lowest BCUT2D eigenvalue weighted by atomic mass is 10.1. The summed E-state index contributed by atoms with van der Waals surface area (Å²) < 4.78 is 46.0. The van der Waals surface area contributed by atoms with Gasteiger partial charge in [0.05, 0.1) is 13.2 Å². The molecule has 0 amide bonds. The Morgan fingerprint density at radius 1 is 1.17 bits per heavy atom. The number of aromatic nitrogens is 2. The highest BCUT2D eigenvalue weighted by atomic mass is 127. The monoisotopic (exact) mass is 527 g/mol. The zero-order valence-electron chi connectivity index (χ0n) is 16.3. The molecule has 1 aromatic heterocycles. The molecule has 11 heteroatoms. The van der Waals surface area contributed by atoms with E-state index >= 15 is 0 Å². The maximum absolute atomic E-state index is 12.1. The van der Waals surface area contributed by atoms with Gasteiger partial charge in [0, 0.05) is 19.5 Å². The molecular weight excluding hydrogens is 502 g/mol. The van der Waals surface area contributed by atoms with Gasteiger partial charge in [-0.2, -0.15) is 18.2 Å². The van der Waals surface area contributed by atoms with Crippen molar-refractivity contribution >= 4 is 29.9 Å². The van der Waals surface area contributed by atoms with Crippen molar-refractivity contribution < 1.29 is 22.4 Å². The molecule has 29 heavy (non-hydrogen) atoms. The zero-order valence-corrected chi connectivity index (χ0v) is 18.6. The third kappa shape index (κ3) is 10.5. The molecule has 0 atom stereocenters. The van der Waals surface area contributed by atoms with Crippen LogP contribution in [0, 0.1) is 6.92 Å². The summed E-state index contributed by atoms with van der Waals surface area (Å²) in [4.78, 5) is 8.63. The first-order valence-corrected chi connectivity index (χ1v) is 8.89. The lowest BCUT2D eigenvalue weighted by molar-refractivity contribution is -0.176. The maximum atomic E-state index is 12.1. The van der Waals surface area contributed by atoms with Gasteiger partial charge in [0.25, 0.3) is 0 Å². The van der Waals surface area contributed by atoms with Crippen molar-refractivity contribution in [3.05, 3.63) is 47.1 Å². The number of hydrogen-bond donors (Lipinski definition) is 2. The summed E-state index contributed by atoms with van der Waals surface area (Å²) in [6, 6.07) is 7.11. The number of rotatable bonds is 9. The Kier molecular flexibility index (Phi) is 10.9. The highest BCUT2D eigenvalue weighted by molar-refractivity contribution is 14.0. The van der Waals surface area contributed by atoms with Gasteiger partial charge in [-0.05, 0) is 25.0 Å². The van der Waals surface area contributed by atoms with Gasteiger partial charge in [-0.15, -0.1) is 24.0 Å². The number of nitrogens with one attached hydrogen (secondary N) is 2. The lowest BCUT2D eigenvalue weighted by Gasteiger charge is -2.10. The maximum Gasteiger partial charge on any atom is 0.411 e. The van der Waals surface area contributed by atoms with Gasteiger partial charge in [0.15, 0.2) is 11.8 Å². The Balaban J connectivity index is 0.00000420. The normalized spacial score (nSPS) is 11.8. The van der Waals surface area contributed by atoms with E-state index in [0.29, 0.717) is 49.3 Å². The van der Waals surface area contributed by atoms with E-state index in [0.717, 1.165) is 5.56 Å². The van der Waals surface area contributed by atoms with Gasteiger partial charge in [-0.1, -0.05) is 29.4 Å². The number of hydrogen-bond acceptors (Lipinski definition) is 5. The average Bonchev–Trinajstić information content (AvgIpc) is 3.05. The molecule has 0 saturated heterocycles. The summed E-state index contributed by atoms with van der Waals surface area (Å²) in [7, 11) is 0. The lowest BCUT2D eigenvalue weighted by Crippen LogP contribution is -2.38. The summed E-state index contributed by atoms with van der Waals surface area (Å²) in [6.45, 7) is 4.12. The molecule has 1 heterocycles. The summed E-state index contributed by atoms with van der Waals surface area (Å²) in [5.41, 5.74) is 1.61. The van der Waals surface area contributed by atoms with Crippen molar-refractivity contribution in [1.29, 1.82) is 0 Å². The number of nitrogens with zero attached hydrogens (tertiary/aromatic N) is 3. The summed E-state index contributed by atoms with van der Waals surface area (Å²) in [5.74, 6) is 1.81. The number of guanidine groups is 1. The van der Waals surface area contributed by atoms with Crippen LogP contribution in [0.5, 0.6) is 0 Å². The fourth-order valence-electron chi connectivity index (χ4n) is 2.27. The minimum Gasteiger partial charge on any atom is -0.367 e. The van der Waals surface area contributed by atoms with E-state index in [-0.39, 0.29) is 30.6 Å². The SMILES string of the molecule is CCNC(=NCc1ccc(COCC(F)(F)F)cc1)NCCc1nc(C)no1.I. The van der Waals surface area contributed by atoms with Crippen molar-refractivity contribution in [1.82, 2.24) is 20.8 Å². The van der Waals surface area contributed by atoms with E-state index < -0.39 is 12.8 Å². The number of alkyl halides is 3. The first-order valence-electron chi connectivity index (χ1n) is 8.89. The van der Waals surface area contributed by atoms with Crippen LogP contribution < -0.4 is 10.6 Å². The van der Waals surface area contributed by atoms with E-state index in [9.17, 15) is 13.2 Å². The summed E-state index contributed by atoms with van der Waals surface area (Å²) in [6.07, 6.45) is -3.73. The molecule has 0 unspecified atom stereocenters. The minimum atomic E-state index is -4.31. The van der Waals surface area contributed by atoms with Crippen LogP contribution in [0.25, 0.3) is 0 Å². The van der Waals surface area contributed by atoms with E-state index in [1.807, 2.05) is 19.1 Å².